The molecule has 0 saturated carbocycles. The van der Waals surface area contributed by atoms with Crippen LogP contribution < -0.4 is 4.72 Å². The lowest BCUT2D eigenvalue weighted by atomic mass is 10.1. The van der Waals surface area contributed by atoms with Crippen LogP contribution in [0.3, 0.4) is 0 Å². The molecule has 5 nitrogen and oxygen atoms in total. The molecule has 20 heavy (non-hydrogen) atoms. The first-order valence-electron chi connectivity index (χ1n) is 6.51. The summed E-state index contributed by atoms with van der Waals surface area (Å²) in [6, 6.07) is 7.93. The highest BCUT2D eigenvalue weighted by atomic mass is 79.9. The van der Waals surface area contributed by atoms with Gasteiger partial charge < -0.3 is 4.74 Å². The molecular formula is C13H19BrN2O3S. The largest absolute Gasteiger partial charge is 0.379 e. The molecule has 0 spiro atoms. The maximum absolute atomic E-state index is 11.5. The first-order valence-corrected chi connectivity index (χ1v) is 9.28. The van der Waals surface area contributed by atoms with E-state index in [-0.39, 0.29) is 4.66 Å². The summed E-state index contributed by atoms with van der Waals surface area (Å²) in [6.45, 7) is 4.52. The van der Waals surface area contributed by atoms with Crippen LogP contribution in [0.15, 0.2) is 24.3 Å². The Hall–Kier alpha value is -0.470. The zero-order chi connectivity index (χ0) is 14.4. The van der Waals surface area contributed by atoms with E-state index in [2.05, 4.69) is 25.6 Å². The smallest absolute Gasteiger partial charge is 0.221 e. The van der Waals surface area contributed by atoms with Crippen molar-refractivity contribution in [3.05, 3.63) is 35.4 Å². The van der Waals surface area contributed by atoms with Crippen molar-refractivity contribution in [2.45, 2.75) is 13.1 Å². The van der Waals surface area contributed by atoms with Crippen LogP contribution in [0.2, 0.25) is 0 Å². The molecular weight excluding hydrogens is 344 g/mol. The van der Waals surface area contributed by atoms with Crippen LogP contribution in [0.1, 0.15) is 11.1 Å². The van der Waals surface area contributed by atoms with E-state index < -0.39 is 10.0 Å². The molecule has 0 aromatic heterocycles. The molecule has 0 radical (unpaired) electrons. The lowest BCUT2D eigenvalue weighted by Gasteiger charge is -2.27. The Balaban J connectivity index is 2.02. The number of rotatable bonds is 6. The molecule has 7 heteroatoms. The molecule has 1 aliphatic heterocycles. The SMILES string of the molecule is O=S(=O)(CBr)NCc1ccccc1CN1CCOCC1. The summed E-state index contributed by atoms with van der Waals surface area (Å²) in [5.74, 6) is 0. The van der Waals surface area contributed by atoms with Crippen LogP contribution >= 0.6 is 15.9 Å². The molecule has 2 rings (SSSR count). The van der Waals surface area contributed by atoms with Crippen LogP contribution in [-0.2, 0) is 27.8 Å². The maximum Gasteiger partial charge on any atom is 0.221 e. The molecule has 0 aliphatic carbocycles. The second-order valence-electron chi connectivity index (χ2n) is 4.70. The van der Waals surface area contributed by atoms with Crippen molar-refractivity contribution in [1.29, 1.82) is 0 Å². The summed E-state index contributed by atoms with van der Waals surface area (Å²) in [5, 5.41) is 0. The Morgan fingerprint density at radius 1 is 1.20 bits per heavy atom. The molecule has 0 unspecified atom stereocenters. The molecule has 1 aliphatic rings. The van der Waals surface area contributed by atoms with E-state index in [9.17, 15) is 8.42 Å². The van der Waals surface area contributed by atoms with E-state index >= 15 is 0 Å². The van der Waals surface area contributed by atoms with E-state index in [1.165, 1.54) is 0 Å². The van der Waals surface area contributed by atoms with Crippen molar-refractivity contribution in [3.8, 4) is 0 Å². The van der Waals surface area contributed by atoms with E-state index in [0.717, 1.165) is 44.0 Å². The van der Waals surface area contributed by atoms with Gasteiger partial charge in [0.15, 0.2) is 0 Å². The van der Waals surface area contributed by atoms with Gasteiger partial charge in [-0.2, -0.15) is 0 Å². The fourth-order valence-corrected chi connectivity index (χ4v) is 3.05. The number of nitrogens with zero attached hydrogens (tertiary/aromatic N) is 1. The molecule has 0 bridgehead atoms. The number of morpholine rings is 1. The van der Waals surface area contributed by atoms with Crippen LogP contribution in [0.4, 0.5) is 0 Å². The Kier molecular flexibility index (Phi) is 5.98. The monoisotopic (exact) mass is 362 g/mol. The van der Waals surface area contributed by atoms with Gasteiger partial charge in [0, 0.05) is 26.2 Å². The zero-order valence-corrected chi connectivity index (χ0v) is 13.6. The molecule has 1 fully saturated rings. The number of sulfonamides is 1. The highest BCUT2D eigenvalue weighted by molar-refractivity contribution is 9.10. The van der Waals surface area contributed by atoms with Gasteiger partial charge in [0.1, 0.15) is 4.66 Å². The van der Waals surface area contributed by atoms with Gasteiger partial charge in [0.25, 0.3) is 0 Å². The molecule has 1 saturated heterocycles. The Morgan fingerprint density at radius 3 is 2.50 bits per heavy atom. The number of hydrogen-bond acceptors (Lipinski definition) is 4. The zero-order valence-electron chi connectivity index (χ0n) is 11.2. The third-order valence-electron chi connectivity index (χ3n) is 3.24. The van der Waals surface area contributed by atoms with Crippen LogP contribution in [-0.4, -0.2) is 44.3 Å². The van der Waals surface area contributed by atoms with Crippen molar-refractivity contribution in [2.24, 2.45) is 0 Å². The van der Waals surface area contributed by atoms with Gasteiger partial charge in [-0.25, -0.2) is 13.1 Å². The van der Waals surface area contributed by atoms with Crippen molar-refractivity contribution >= 4 is 26.0 Å². The van der Waals surface area contributed by atoms with Crippen molar-refractivity contribution in [1.82, 2.24) is 9.62 Å². The summed E-state index contributed by atoms with van der Waals surface area (Å²) in [4.78, 5) is 2.32. The first-order chi connectivity index (χ1) is 9.61. The van der Waals surface area contributed by atoms with Gasteiger partial charge in [-0.05, 0) is 11.1 Å². The van der Waals surface area contributed by atoms with Crippen LogP contribution in [0.25, 0.3) is 0 Å². The number of ether oxygens (including phenoxy) is 1. The summed E-state index contributed by atoms with van der Waals surface area (Å²) < 4.78 is 30.8. The fraction of sp³-hybridized carbons (Fsp3) is 0.538. The molecule has 112 valence electrons. The van der Waals surface area contributed by atoms with E-state index in [1.807, 2.05) is 24.3 Å². The highest BCUT2D eigenvalue weighted by Gasteiger charge is 2.14. The number of hydrogen-bond donors (Lipinski definition) is 1. The number of benzene rings is 1. The standard InChI is InChI=1S/C13H19BrN2O3S/c14-11-20(17,18)15-9-12-3-1-2-4-13(12)10-16-5-7-19-8-6-16/h1-4,15H,5-11H2. The van der Waals surface area contributed by atoms with Gasteiger partial charge in [0.05, 0.1) is 13.2 Å². The van der Waals surface area contributed by atoms with E-state index in [0.29, 0.717) is 6.54 Å². The lowest BCUT2D eigenvalue weighted by molar-refractivity contribution is 0.0341. The van der Waals surface area contributed by atoms with Crippen molar-refractivity contribution < 1.29 is 13.2 Å². The van der Waals surface area contributed by atoms with Gasteiger partial charge in [0.2, 0.25) is 10.0 Å². The normalized spacial score (nSPS) is 17.2. The minimum absolute atomic E-state index is 0.0777. The van der Waals surface area contributed by atoms with Gasteiger partial charge in [-0.3, -0.25) is 4.90 Å². The van der Waals surface area contributed by atoms with Gasteiger partial charge in [-0.1, -0.05) is 40.2 Å². The topological polar surface area (TPSA) is 58.6 Å². The quantitative estimate of drug-likeness (QED) is 0.774. The minimum atomic E-state index is -3.23. The summed E-state index contributed by atoms with van der Waals surface area (Å²) >= 11 is 2.97. The first kappa shape index (κ1) is 15.9. The lowest BCUT2D eigenvalue weighted by Crippen LogP contribution is -2.36. The average molecular weight is 363 g/mol. The second kappa shape index (κ2) is 7.51. The summed E-state index contributed by atoms with van der Waals surface area (Å²) in [7, 11) is -3.23. The third-order valence-corrected chi connectivity index (χ3v) is 5.92. The molecule has 1 aromatic carbocycles. The average Bonchev–Trinajstić information content (AvgIpc) is 2.47. The fourth-order valence-electron chi connectivity index (χ4n) is 2.11. The third kappa shape index (κ3) is 4.82. The summed E-state index contributed by atoms with van der Waals surface area (Å²) in [6.07, 6.45) is 0. The second-order valence-corrected chi connectivity index (χ2v) is 7.81. The molecule has 1 aromatic rings. The maximum atomic E-state index is 11.5. The Labute approximate surface area is 128 Å². The molecule has 0 atom stereocenters. The molecule has 1 heterocycles. The molecule has 0 amide bonds. The van der Waals surface area contributed by atoms with E-state index in [4.69, 9.17) is 4.74 Å². The number of nitrogens with one attached hydrogen (secondary N) is 1. The number of halogens is 1. The van der Waals surface area contributed by atoms with Crippen molar-refractivity contribution in [2.75, 3.05) is 31.0 Å². The predicted octanol–water partition coefficient (Wildman–Crippen LogP) is 1.29. The number of alkyl halides is 1. The Morgan fingerprint density at radius 2 is 1.85 bits per heavy atom. The highest BCUT2D eigenvalue weighted by Crippen LogP contribution is 2.13. The summed E-state index contributed by atoms with van der Waals surface area (Å²) in [5.41, 5.74) is 2.18. The molecule has 1 N–H and O–H groups in total. The Bertz CT molecular complexity index is 530. The van der Waals surface area contributed by atoms with Crippen LogP contribution in [0, 0.1) is 0 Å². The van der Waals surface area contributed by atoms with Crippen molar-refractivity contribution in [3.63, 3.8) is 0 Å². The predicted molar refractivity (Wildman–Crippen MR) is 82.1 cm³/mol. The van der Waals surface area contributed by atoms with E-state index in [1.54, 1.807) is 0 Å². The van der Waals surface area contributed by atoms with Gasteiger partial charge >= 0.3 is 0 Å². The van der Waals surface area contributed by atoms with Gasteiger partial charge in [-0.15, -0.1) is 0 Å². The van der Waals surface area contributed by atoms with Crippen LogP contribution in [0.5, 0.6) is 0 Å². The minimum Gasteiger partial charge on any atom is -0.379 e.